The minimum Gasteiger partial charge on any atom is -0.478 e. The minimum atomic E-state index is -2.30. The van der Waals surface area contributed by atoms with Gasteiger partial charge in [-0.1, -0.05) is 26.8 Å². The Balaban J connectivity index is 1.85. The summed E-state index contributed by atoms with van der Waals surface area (Å²) < 4.78 is 38.3. The summed E-state index contributed by atoms with van der Waals surface area (Å²) in [4.78, 5) is 37.1. The number of hydrogen-bond donors (Lipinski definition) is 2. The van der Waals surface area contributed by atoms with Gasteiger partial charge in [0.15, 0.2) is 11.5 Å². The van der Waals surface area contributed by atoms with Gasteiger partial charge in [-0.25, -0.2) is 13.6 Å². The number of carboxylic acid groups (broad SMARTS) is 1. The van der Waals surface area contributed by atoms with Crippen molar-refractivity contribution in [2.24, 2.45) is 28.6 Å². The molecule has 182 valence electrons. The molecule has 4 rings (SSSR count). The van der Waals surface area contributed by atoms with E-state index in [4.69, 9.17) is 4.74 Å². The number of aliphatic carboxylic acids is 1. The summed E-state index contributed by atoms with van der Waals surface area (Å²) in [6, 6.07) is 0. The quantitative estimate of drug-likeness (QED) is 0.613. The molecule has 0 unspecified atom stereocenters. The number of aliphatic hydroxyl groups excluding tert-OH is 1. The van der Waals surface area contributed by atoms with Crippen LogP contribution in [0.3, 0.4) is 0 Å². The van der Waals surface area contributed by atoms with E-state index in [2.05, 4.69) is 0 Å². The summed E-state index contributed by atoms with van der Waals surface area (Å²) in [5.41, 5.74) is -7.08. The van der Waals surface area contributed by atoms with Crippen molar-refractivity contribution in [3.8, 4) is 0 Å². The number of carbonyl (C=O) groups is 3. The largest absolute Gasteiger partial charge is 0.478 e. The highest BCUT2D eigenvalue weighted by Crippen LogP contribution is 2.71. The molecule has 4 aliphatic carbocycles. The molecule has 0 aromatic carbocycles. The average molecular weight is 467 g/mol. The predicted octanol–water partition coefficient (Wildman–Crippen LogP) is 3.72. The highest BCUT2D eigenvalue weighted by Gasteiger charge is 2.78. The average Bonchev–Trinajstić information content (AvgIpc) is 2.94. The van der Waals surface area contributed by atoms with E-state index in [1.165, 1.54) is 19.1 Å². The Kier molecular flexibility index (Phi) is 5.43. The van der Waals surface area contributed by atoms with E-state index in [1.807, 2.05) is 0 Å². The number of carbonyl (C=O) groups excluding carboxylic acids is 2. The van der Waals surface area contributed by atoms with Crippen LogP contribution < -0.4 is 0 Å². The normalized spacial score (nSPS) is 48.4. The molecule has 0 bridgehead atoms. The van der Waals surface area contributed by atoms with Crippen LogP contribution in [0.1, 0.15) is 59.8 Å². The van der Waals surface area contributed by atoms with Crippen molar-refractivity contribution in [2.75, 3.05) is 0 Å². The van der Waals surface area contributed by atoms with Crippen molar-refractivity contribution < 1.29 is 38.1 Å². The second kappa shape index (κ2) is 7.45. The van der Waals surface area contributed by atoms with Crippen LogP contribution in [-0.2, 0) is 19.1 Å². The molecule has 3 fully saturated rings. The third kappa shape index (κ3) is 2.82. The molecule has 0 amide bonds. The molecule has 9 atom stereocenters. The minimum absolute atomic E-state index is 0.0151. The van der Waals surface area contributed by atoms with Crippen molar-refractivity contribution in [1.82, 2.24) is 0 Å². The maximum absolute atomic E-state index is 17.1. The molecule has 0 aromatic rings. The van der Waals surface area contributed by atoms with Gasteiger partial charge in [0.2, 0.25) is 5.60 Å². The highest BCUT2D eigenvalue weighted by atomic mass is 19.1. The molecule has 0 aliphatic heterocycles. The summed E-state index contributed by atoms with van der Waals surface area (Å²) in [6.45, 7) is 6.55. The Morgan fingerprint density at radius 1 is 1.24 bits per heavy atom. The van der Waals surface area contributed by atoms with Crippen LogP contribution in [0.5, 0.6) is 0 Å². The summed E-state index contributed by atoms with van der Waals surface area (Å²) in [6.07, 6.45) is 0.615. The number of allylic oxidation sites excluding steroid dienone is 4. The summed E-state index contributed by atoms with van der Waals surface area (Å²) in [5.74, 6) is -4.73. The lowest BCUT2D eigenvalue weighted by Crippen LogP contribution is -2.71. The summed E-state index contributed by atoms with van der Waals surface area (Å²) in [5, 5.41) is 21.6. The predicted molar refractivity (Wildman–Crippen MR) is 115 cm³/mol. The number of ether oxygens (including phenoxy) is 1. The molecule has 0 spiro atoms. The zero-order valence-electron chi connectivity index (χ0n) is 19.4. The molecule has 33 heavy (non-hydrogen) atoms. The zero-order chi connectivity index (χ0) is 24.6. The molecule has 0 heterocycles. The van der Waals surface area contributed by atoms with E-state index in [1.54, 1.807) is 20.8 Å². The number of rotatable bonds is 4. The van der Waals surface area contributed by atoms with Crippen LogP contribution in [0.4, 0.5) is 8.78 Å². The molecule has 3 saturated carbocycles. The van der Waals surface area contributed by atoms with Crippen molar-refractivity contribution in [3.63, 3.8) is 0 Å². The topological polar surface area (TPSA) is 101 Å². The van der Waals surface area contributed by atoms with Crippen LogP contribution in [0.25, 0.3) is 0 Å². The number of ketones is 1. The number of hydrogen-bond acceptors (Lipinski definition) is 5. The van der Waals surface area contributed by atoms with Crippen molar-refractivity contribution in [3.05, 3.63) is 23.8 Å². The third-order valence-corrected chi connectivity index (χ3v) is 9.22. The molecule has 0 saturated heterocycles. The van der Waals surface area contributed by atoms with Gasteiger partial charge in [0.25, 0.3) is 0 Å². The fourth-order valence-electron chi connectivity index (χ4n) is 7.68. The number of halogens is 2. The third-order valence-electron chi connectivity index (χ3n) is 9.22. The second-order valence-electron chi connectivity index (χ2n) is 10.8. The van der Waals surface area contributed by atoms with Crippen molar-refractivity contribution in [2.45, 2.75) is 83.3 Å². The fraction of sp³-hybridized carbons (Fsp3) is 0.720. The number of carboxylic acids is 1. The maximum Gasteiger partial charge on any atom is 0.349 e. The fourth-order valence-corrected chi connectivity index (χ4v) is 7.68. The van der Waals surface area contributed by atoms with E-state index in [9.17, 15) is 24.6 Å². The molecule has 4 aliphatic rings. The second-order valence-corrected chi connectivity index (χ2v) is 10.8. The van der Waals surface area contributed by atoms with Gasteiger partial charge in [-0.2, -0.15) is 0 Å². The van der Waals surface area contributed by atoms with Crippen LogP contribution in [0.15, 0.2) is 23.8 Å². The van der Waals surface area contributed by atoms with Crippen molar-refractivity contribution >= 4 is 17.7 Å². The van der Waals surface area contributed by atoms with Crippen LogP contribution in [-0.4, -0.2) is 51.5 Å². The summed E-state index contributed by atoms with van der Waals surface area (Å²) in [7, 11) is 0. The molecule has 0 aromatic heterocycles. The van der Waals surface area contributed by atoms with Gasteiger partial charge < -0.3 is 14.9 Å². The van der Waals surface area contributed by atoms with Gasteiger partial charge in [0.05, 0.1) is 6.10 Å². The zero-order valence-corrected chi connectivity index (χ0v) is 19.4. The lowest BCUT2D eigenvalue weighted by Gasteiger charge is -2.62. The Morgan fingerprint density at radius 2 is 1.91 bits per heavy atom. The standard InChI is InChI=1S/C25H32F2O6/c1-5-6-20(30)33-25(21(31)32)13(2)9-15-16-11-18(26)17-10-14(28)7-8-22(17,3)24(16,27)19(29)12-23(15,25)4/h7-8,10,13,15-16,18-19,29H,5-6,9,11-12H2,1-4H3,(H,31,32)/t13-,15+,16+,18+,19+,22+,23+,24+,25+/m1/s1. The molecular formula is C25H32F2O6. The van der Waals surface area contributed by atoms with E-state index in [0.717, 1.165) is 6.08 Å². The molecule has 2 N–H and O–H groups in total. The Labute approximate surface area is 192 Å². The number of alkyl halides is 2. The lowest BCUT2D eigenvalue weighted by molar-refractivity contribution is -0.237. The first kappa shape index (κ1) is 24.0. The van der Waals surface area contributed by atoms with Crippen LogP contribution >= 0.6 is 0 Å². The Morgan fingerprint density at radius 3 is 2.52 bits per heavy atom. The first-order chi connectivity index (χ1) is 15.3. The monoisotopic (exact) mass is 466 g/mol. The summed E-state index contributed by atoms with van der Waals surface area (Å²) >= 11 is 0. The van der Waals surface area contributed by atoms with Gasteiger partial charge in [0, 0.05) is 29.1 Å². The van der Waals surface area contributed by atoms with Crippen LogP contribution in [0, 0.1) is 28.6 Å². The van der Waals surface area contributed by atoms with Crippen LogP contribution in [0.2, 0.25) is 0 Å². The number of esters is 1. The lowest BCUT2D eigenvalue weighted by atomic mass is 9.44. The van der Waals surface area contributed by atoms with E-state index in [0.29, 0.717) is 6.42 Å². The number of fused-ring (bicyclic) bond motifs is 5. The van der Waals surface area contributed by atoms with Gasteiger partial charge in [-0.05, 0) is 56.3 Å². The van der Waals surface area contributed by atoms with Gasteiger partial charge in [-0.3, -0.25) is 9.59 Å². The smallest absolute Gasteiger partial charge is 0.349 e. The highest BCUT2D eigenvalue weighted by molar-refractivity contribution is 6.01. The molecular weight excluding hydrogens is 434 g/mol. The van der Waals surface area contributed by atoms with E-state index >= 15 is 8.78 Å². The first-order valence-electron chi connectivity index (χ1n) is 11.7. The molecule has 0 radical (unpaired) electrons. The first-order valence-corrected chi connectivity index (χ1v) is 11.7. The van der Waals surface area contributed by atoms with E-state index in [-0.39, 0.29) is 31.3 Å². The van der Waals surface area contributed by atoms with E-state index < -0.39 is 69.9 Å². The number of aliphatic hydroxyl groups is 1. The molecule has 8 heteroatoms. The maximum atomic E-state index is 17.1. The SMILES string of the molecule is CCCC(=O)O[C@]1(C(=O)O)[C@H](C)C[C@H]2[C@@H]3C[C@H](F)C4=CC(=O)C=C[C@]4(C)[C@@]3(F)[C@@H](O)C[C@@]21C. The molecule has 6 nitrogen and oxygen atoms in total. The van der Waals surface area contributed by atoms with Gasteiger partial charge in [0.1, 0.15) is 6.17 Å². The van der Waals surface area contributed by atoms with Gasteiger partial charge >= 0.3 is 11.9 Å². The Hall–Kier alpha value is -2.09. The van der Waals surface area contributed by atoms with Gasteiger partial charge in [-0.15, -0.1) is 0 Å². The van der Waals surface area contributed by atoms with Crippen molar-refractivity contribution in [1.29, 1.82) is 0 Å². The Bertz CT molecular complexity index is 961.